The van der Waals surface area contributed by atoms with Gasteiger partial charge in [0.1, 0.15) is 5.82 Å². The Morgan fingerprint density at radius 1 is 1.13 bits per heavy atom. The highest BCUT2D eigenvalue weighted by molar-refractivity contribution is 5.79. The third-order valence-corrected chi connectivity index (χ3v) is 6.58. The van der Waals surface area contributed by atoms with E-state index in [1.54, 1.807) is 31.1 Å². The quantitative estimate of drug-likeness (QED) is 0.712. The van der Waals surface area contributed by atoms with Crippen molar-refractivity contribution in [2.75, 3.05) is 33.7 Å². The van der Waals surface area contributed by atoms with Gasteiger partial charge < -0.3 is 14.8 Å². The molecule has 5 rings (SSSR count). The van der Waals surface area contributed by atoms with Gasteiger partial charge in [-0.2, -0.15) is 0 Å². The van der Waals surface area contributed by atoms with Crippen molar-refractivity contribution in [2.24, 2.45) is 11.8 Å². The van der Waals surface area contributed by atoms with Gasteiger partial charge in [0.15, 0.2) is 0 Å². The van der Waals surface area contributed by atoms with Crippen LogP contribution < -0.4 is 0 Å². The second-order valence-electron chi connectivity index (χ2n) is 8.85. The molecular formula is C24H27FN4O. The molecule has 1 N–H and O–H groups in total. The van der Waals surface area contributed by atoms with Crippen LogP contribution >= 0.6 is 0 Å². The molecule has 0 aliphatic carbocycles. The number of carbonyl (C=O) groups is 1. The van der Waals surface area contributed by atoms with Gasteiger partial charge in [0.05, 0.1) is 6.04 Å². The maximum atomic E-state index is 14.0. The summed E-state index contributed by atoms with van der Waals surface area (Å²) in [7, 11) is 3.56. The summed E-state index contributed by atoms with van der Waals surface area (Å²) in [5, 5.41) is 1.22. The van der Waals surface area contributed by atoms with E-state index in [1.807, 2.05) is 17.2 Å². The standard InChI is InChI=1S/C24H27FN4O/c1-27(2)24(30)29-14-19-13-28(12-16-6-7-17-8-9-26-22(17)10-16)15-21(19)23(29)18-4-3-5-20(25)11-18/h3-11,19,21,23,26H,12-15H2,1-2H3/t19-,21-,23-/m1/s1. The largest absolute Gasteiger partial charge is 0.361 e. The molecule has 0 unspecified atom stereocenters. The van der Waals surface area contributed by atoms with E-state index in [0.717, 1.165) is 37.3 Å². The number of amides is 2. The van der Waals surface area contributed by atoms with E-state index in [9.17, 15) is 9.18 Å². The summed E-state index contributed by atoms with van der Waals surface area (Å²) in [4.78, 5) is 22.2. The number of H-pyrrole nitrogens is 1. The average Bonchev–Trinajstić information content (AvgIpc) is 3.40. The van der Waals surface area contributed by atoms with Crippen LogP contribution in [0.2, 0.25) is 0 Å². The van der Waals surface area contributed by atoms with Gasteiger partial charge in [-0.25, -0.2) is 9.18 Å². The molecule has 2 fully saturated rings. The van der Waals surface area contributed by atoms with Crippen LogP contribution in [0.3, 0.4) is 0 Å². The number of rotatable bonds is 3. The predicted molar refractivity (Wildman–Crippen MR) is 115 cm³/mol. The van der Waals surface area contributed by atoms with Gasteiger partial charge >= 0.3 is 6.03 Å². The zero-order valence-corrected chi connectivity index (χ0v) is 17.4. The minimum Gasteiger partial charge on any atom is -0.361 e. The fourth-order valence-electron chi connectivity index (χ4n) is 5.29. The summed E-state index contributed by atoms with van der Waals surface area (Å²) in [6.45, 7) is 3.47. The number of urea groups is 1. The van der Waals surface area contributed by atoms with Crippen LogP contribution in [0.4, 0.5) is 9.18 Å². The van der Waals surface area contributed by atoms with Crippen LogP contribution in [0, 0.1) is 17.7 Å². The molecule has 3 aromatic rings. The lowest BCUT2D eigenvalue weighted by atomic mass is 9.89. The Kier molecular flexibility index (Phi) is 4.74. The Labute approximate surface area is 176 Å². The van der Waals surface area contributed by atoms with Gasteiger partial charge in [-0.3, -0.25) is 4.90 Å². The van der Waals surface area contributed by atoms with Gasteiger partial charge in [-0.1, -0.05) is 24.3 Å². The first-order valence-electron chi connectivity index (χ1n) is 10.5. The van der Waals surface area contributed by atoms with Crippen LogP contribution in [0.15, 0.2) is 54.7 Å². The first-order chi connectivity index (χ1) is 14.5. The summed E-state index contributed by atoms with van der Waals surface area (Å²) >= 11 is 0. The van der Waals surface area contributed by atoms with E-state index in [-0.39, 0.29) is 17.9 Å². The van der Waals surface area contributed by atoms with E-state index in [4.69, 9.17) is 0 Å². The molecule has 2 aliphatic rings. The Balaban J connectivity index is 1.38. The van der Waals surface area contributed by atoms with Gasteiger partial charge in [0, 0.05) is 57.9 Å². The fourth-order valence-corrected chi connectivity index (χ4v) is 5.29. The van der Waals surface area contributed by atoms with Gasteiger partial charge in [0.2, 0.25) is 0 Å². The van der Waals surface area contributed by atoms with Crippen molar-refractivity contribution < 1.29 is 9.18 Å². The molecule has 2 amide bonds. The number of aromatic nitrogens is 1. The Bertz CT molecular complexity index is 1080. The fraction of sp³-hybridized carbons (Fsp3) is 0.375. The van der Waals surface area contributed by atoms with Crippen molar-refractivity contribution >= 4 is 16.9 Å². The minimum atomic E-state index is -0.248. The van der Waals surface area contributed by atoms with Crippen molar-refractivity contribution in [3.05, 3.63) is 71.7 Å². The predicted octanol–water partition coefficient (Wildman–Crippen LogP) is 4.09. The molecule has 0 radical (unpaired) electrons. The van der Waals surface area contributed by atoms with Crippen LogP contribution in [0.5, 0.6) is 0 Å². The normalized spacial score (nSPS) is 23.8. The van der Waals surface area contributed by atoms with E-state index in [1.165, 1.54) is 17.0 Å². The average molecular weight is 407 g/mol. The lowest BCUT2D eigenvalue weighted by Gasteiger charge is -2.32. The molecule has 0 saturated carbocycles. The molecule has 2 aliphatic heterocycles. The third kappa shape index (κ3) is 3.35. The smallest absolute Gasteiger partial charge is 0.320 e. The number of nitrogens with one attached hydrogen (secondary N) is 1. The molecule has 6 heteroatoms. The molecule has 5 nitrogen and oxygen atoms in total. The maximum absolute atomic E-state index is 14.0. The second kappa shape index (κ2) is 7.43. The lowest BCUT2D eigenvalue weighted by molar-refractivity contribution is 0.151. The Morgan fingerprint density at radius 3 is 2.80 bits per heavy atom. The molecule has 30 heavy (non-hydrogen) atoms. The molecule has 0 bridgehead atoms. The van der Waals surface area contributed by atoms with E-state index >= 15 is 0 Å². The third-order valence-electron chi connectivity index (χ3n) is 6.58. The Morgan fingerprint density at radius 2 is 2.00 bits per heavy atom. The zero-order valence-electron chi connectivity index (χ0n) is 17.4. The van der Waals surface area contributed by atoms with Gasteiger partial charge in [-0.15, -0.1) is 0 Å². The van der Waals surface area contributed by atoms with Crippen molar-refractivity contribution in [2.45, 2.75) is 12.6 Å². The summed E-state index contributed by atoms with van der Waals surface area (Å²) < 4.78 is 14.0. The molecular weight excluding hydrogens is 379 g/mol. The van der Waals surface area contributed by atoms with Crippen LogP contribution in [0.1, 0.15) is 17.2 Å². The number of nitrogens with zero attached hydrogens (tertiary/aromatic N) is 3. The monoisotopic (exact) mass is 406 g/mol. The minimum absolute atomic E-state index is 0.00223. The van der Waals surface area contributed by atoms with Crippen molar-refractivity contribution in [3.63, 3.8) is 0 Å². The van der Waals surface area contributed by atoms with Gasteiger partial charge in [0.25, 0.3) is 0 Å². The van der Waals surface area contributed by atoms with Gasteiger partial charge in [-0.05, 0) is 46.7 Å². The number of aromatic amines is 1. The Hall–Kier alpha value is -2.86. The SMILES string of the molecule is CN(C)C(=O)N1C[C@H]2CN(Cc3ccc4cc[nH]c4c3)C[C@H]2[C@H]1c1cccc(F)c1. The van der Waals surface area contributed by atoms with Crippen molar-refractivity contribution in [1.29, 1.82) is 0 Å². The molecule has 3 heterocycles. The number of hydrogen-bond acceptors (Lipinski definition) is 2. The van der Waals surface area contributed by atoms with Crippen LogP contribution in [-0.4, -0.2) is 59.4 Å². The number of fused-ring (bicyclic) bond motifs is 2. The molecule has 156 valence electrons. The number of benzene rings is 2. The van der Waals surface area contributed by atoms with E-state index in [2.05, 4.69) is 34.1 Å². The van der Waals surface area contributed by atoms with Crippen molar-refractivity contribution in [1.82, 2.24) is 19.7 Å². The first-order valence-corrected chi connectivity index (χ1v) is 10.5. The zero-order chi connectivity index (χ0) is 20.8. The maximum Gasteiger partial charge on any atom is 0.320 e. The van der Waals surface area contributed by atoms with E-state index in [0.29, 0.717) is 11.8 Å². The molecule has 0 spiro atoms. The van der Waals surface area contributed by atoms with Crippen LogP contribution in [0.25, 0.3) is 10.9 Å². The first kappa shape index (κ1) is 19.1. The van der Waals surface area contributed by atoms with Crippen molar-refractivity contribution in [3.8, 4) is 0 Å². The summed E-state index contributed by atoms with van der Waals surface area (Å²) in [6, 6.07) is 15.3. The highest BCUT2D eigenvalue weighted by Gasteiger charge is 2.49. The second-order valence-corrected chi connectivity index (χ2v) is 8.85. The molecule has 3 atom stereocenters. The number of likely N-dealkylation sites (tertiary alicyclic amines) is 2. The highest BCUT2D eigenvalue weighted by atomic mass is 19.1. The summed E-state index contributed by atoms with van der Waals surface area (Å²) in [5.41, 5.74) is 3.34. The summed E-state index contributed by atoms with van der Waals surface area (Å²) in [5.74, 6) is 0.462. The molecule has 2 saturated heterocycles. The highest BCUT2D eigenvalue weighted by Crippen LogP contribution is 2.45. The van der Waals surface area contributed by atoms with Crippen LogP contribution in [-0.2, 0) is 6.54 Å². The number of halogens is 1. The molecule has 2 aromatic carbocycles. The number of carbonyl (C=O) groups excluding carboxylic acids is 1. The topological polar surface area (TPSA) is 42.6 Å². The van der Waals surface area contributed by atoms with E-state index < -0.39 is 0 Å². The molecule has 1 aromatic heterocycles. The lowest BCUT2D eigenvalue weighted by Crippen LogP contribution is -2.41. The summed E-state index contributed by atoms with van der Waals surface area (Å²) in [6.07, 6.45) is 1.97. The number of hydrogen-bond donors (Lipinski definition) is 1.